The van der Waals surface area contributed by atoms with Gasteiger partial charge in [0.15, 0.2) is 0 Å². The van der Waals surface area contributed by atoms with E-state index >= 15 is 0 Å². The molecule has 0 aromatic rings. The molecule has 3 N–H and O–H groups in total. The van der Waals surface area contributed by atoms with Crippen molar-refractivity contribution in [2.24, 2.45) is 5.73 Å². The summed E-state index contributed by atoms with van der Waals surface area (Å²) in [5.74, 6) is 0.00250. The highest BCUT2D eigenvalue weighted by molar-refractivity contribution is 7.80. The fraction of sp³-hybridized carbons (Fsp3) is 0.833. The van der Waals surface area contributed by atoms with Gasteiger partial charge in [0.05, 0.1) is 24.2 Å². The van der Waals surface area contributed by atoms with Crippen molar-refractivity contribution >= 4 is 23.1 Å². The number of likely N-dealkylation sites (tertiary alicyclic amines) is 1. The van der Waals surface area contributed by atoms with E-state index in [2.05, 4.69) is 10.2 Å². The van der Waals surface area contributed by atoms with Crippen LogP contribution in [0.4, 0.5) is 0 Å². The third-order valence-electron chi connectivity index (χ3n) is 3.11. The first kappa shape index (κ1) is 15.3. The maximum atomic E-state index is 11.9. The van der Waals surface area contributed by atoms with Gasteiger partial charge in [0, 0.05) is 13.2 Å². The fourth-order valence-corrected chi connectivity index (χ4v) is 2.57. The lowest BCUT2D eigenvalue weighted by atomic mass is 10.0. The average Bonchev–Trinajstić information content (AvgIpc) is 2.29. The number of piperidine rings is 1. The first-order chi connectivity index (χ1) is 8.54. The van der Waals surface area contributed by atoms with E-state index in [9.17, 15) is 4.79 Å². The molecule has 1 aliphatic heterocycles. The molecule has 2 unspecified atom stereocenters. The van der Waals surface area contributed by atoms with Gasteiger partial charge in [-0.15, -0.1) is 0 Å². The first-order valence-corrected chi connectivity index (χ1v) is 6.77. The third kappa shape index (κ3) is 4.88. The molecule has 1 saturated heterocycles. The maximum Gasteiger partial charge on any atom is 0.234 e. The number of nitrogens with zero attached hydrogens (tertiary/aromatic N) is 1. The smallest absolute Gasteiger partial charge is 0.234 e. The van der Waals surface area contributed by atoms with Crippen LogP contribution in [0.2, 0.25) is 0 Å². The minimum Gasteiger partial charge on any atom is -0.392 e. The number of methoxy groups -OCH3 is 1. The lowest BCUT2D eigenvalue weighted by molar-refractivity contribution is -0.123. The Kier molecular flexibility index (Phi) is 6.52. The van der Waals surface area contributed by atoms with Crippen molar-refractivity contribution in [2.75, 3.05) is 26.8 Å². The van der Waals surface area contributed by atoms with Gasteiger partial charge in [0.2, 0.25) is 5.91 Å². The van der Waals surface area contributed by atoms with Crippen molar-refractivity contribution in [1.29, 1.82) is 0 Å². The Hall–Kier alpha value is -0.720. The summed E-state index contributed by atoms with van der Waals surface area (Å²) in [6, 6.07) is 0.0906. The predicted molar refractivity (Wildman–Crippen MR) is 75.5 cm³/mol. The van der Waals surface area contributed by atoms with Crippen molar-refractivity contribution in [3.05, 3.63) is 0 Å². The highest BCUT2D eigenvalue weighted by Crippen LogP contribution is 2.16. The Morgan fingerprint density at radius 3 is 2.94 bits per heavy atom. The van der Waals surface area contributed by atoms with E-state index in [0.717, 1.165) is 25.8 Å². The van der Waals surface area contributed by atoms with E-state index in [0.29, 0.717) is 18.1 Å². The fourth-order valence-electron chi connectivity index (χ4n) is 2.30. The van der Waals surface area contributed by atoms with Crippen molar-refractivity contribution in [1.82, 2.24) is 10.2 Å². The molecular weight excluding hydrogens is 250 g/mol. The molecule has 0 radical (unpaired) electrons. The topological polar surface area (TPSA) is 67.6 Å². The molecular formula is C12H23N3O2S. The van der Waals surface area contributed by atoms with E-state index in [4.69, 9.17) is 22.7 Å². The van der Waals surface area contributed by atoms with E-state index in [1.807, 2.05) is 6.92 Å². The zero-order valence-electron chi connectivity index (χ0n) is 11.1. The summed E-state index contributed by atoms with van der Waals surface area (Å²) < 4.78 is 4.98. The monoisotopic (exact) mass is 273 g/mol. The number of hydrogen-bond donors (Lipinski definition) is 2. The van der Waals surface area contributed by atoms with Crippen LogP contribution in [-0.4, -0.2) is 54.7 Å². The predicted octanol–water partition coefficient (Wildman–Crippen LogP) is 0.278. The average molecular weight is 273 g/mol. The Balaban J connectivity index is 2.43. The summed E-state index contributed by atoms with van der Waals surface area (Å²) in [5, 5.41) is 2.90. The van der Waals surface area contributed by atoms with E-state index in [-0.39, 0.29) is 18.0 Å². The molecule has 0 bridgehead atoms. The van der Waals surface area contributed by atoms with Crippen LogP contribution in [0.1, 0.15) is 26.2 Å². The highest BCUT2D eigenvalue weighted by atomic mass is 32.1. The second-order valence-corrected chi connectivity index (χ2v) is 5.28. The quantitative estimate of drug-likeness (QED) is 0.680. The molecule has 1 aliphatic rings. The standard InChI is InChI=1S/C12H23N3O2S/c1-9(8-17-2)14-11(16)7-15-6-4-3-5-10(15)12(13)18/h9-10H,3-8H2,1-2H3,(H2,13,18)(H,14,16). The van der Waals surface area contributed by atoms with Gasteiger partial charge in [-0.1, -0.05) is 18.6 Å². The van der Waals surface area contributed by atoms with E-state index in [1.165, 1.54) is 0 Å². The van der Waals surface area contributed by atoms with Gasteiger partial charge >= 0.3 is 0 Å². The van der Waals surface area contributed by atoms with Gasteiger partial charge in [-0.05, 0) is 26.3 Å². The van der Waals surface area contributed by atoms with Crippen LogP contribution in [0, 0.1) is 0 Å². The molecule has 0 aromatic carbocycles. The highest BCUT2D eigenvalue weighted by Gasteiger charge is 2.26. The first-order valence-electron chi connectivity index (χ1n) is 6.36. The maximum absolute atomic E-state index is 11.9. The number of nitrogens with one attached hydrogen (secondary N) is 1. The second-order valence-electron chi connectivity index (χ2n) is 4.81. The molecule has 0 aromatic heterocycles. The van der Waals surface area contributed by atoms with Crippen LogP contribution in [0.15, 0.2) is 0 Å². The van der Waals surface area contributed by atoms with Gasteiger partial charge in [0.1, 0.15) is 0 Å². The molecule has 0 saturated carbocycles. The van der Waals surface area contributed by atoms with Gasteiger partial charge < -0.3 is 15.8 Å². The van der Waals surface area contributed by atoms with Gasteiger partial charge in [-0.2, -0.15) is 0 Å². The molecule has 1 amide bonds. The molecule has 6 heteroatoms. The van der Waals surface area contributed by atoms with Crippen LogP contribution < -0.4 is 11.1 Å². The summed E-state index contributed by atoms with van der Waals surface area (Å²) in [4.78, 5) is 14.4. The number of nitrogens with two attached hydrogens (primary N) is 1. The van der Waals surface area contributed by atoms with Gasteiger partial charge in [-0.3, -0.25) is 9.69 Å². The largest absolute Gasteiger partial charge is 0.392 e. The normalized spacial score (nSPS) is 22.4. The molecule has 5 nitrogen and oxygen atoms in total. The summed E-state index contributed by atoms with van der Waals surface area (Å²) in [5.41, 5.74) is 5.72. The van der Waals surface area contributed by atoms with Crippen LogP contribution in [0.5, 0.6) is 0 Å². The summed E-state index contributed by atoms with van der Waals surface area (Å²) in [7, 11) is 1.62. The van der Waals surface area contributed by atoms with Gasteiger partial charge in [0.25, 0.3) is 0 Å². The third-order valence-corrected chi connectivity index (χ3v) is 3.38. The van der Waals surface area contributed by atoms with E-state index < -0.39 is 0 Å². The van der Waals surface area contributed by atoms with Crippen molar-refractivity contribution in [2.45, 2.75) is 38.3 Å². The van der Waals surface area contributed by atoms with Crippen LogP contribution in [0.25, 0.3) is 0 Å². The molecule has 18 heavy (non-hydrogen) atoms. The number of amides is 1. The zero-order valence-corrected chi connectivity index (χ0v) is 12.0. The Morgan fingerprint density at radius 1 is 1.61 bits per heavy atom. The van der Waals surface area contributed by atoms with Crippen molar-refractivity contribution in [3.8, 4) is 0 Å². The molecule has 1 rings (SSSR count). The van der Waals surface area contributed by atoms with E-state index in [1.54, 1.807) is 7.11 Å². The Bertz CT molecular complexity index is 299. The summed E-state index contributed by atoms with van der Waals surface area (Å²) in [6.07, 6.45) is 3.18. The summed E-state index contributed by atoms with van der Waals surface area (Å²) >= 11 is 5.06. The zero-order chi connectivity index (χ0) is 13.5. The van der Waals surface area contributed by atoms with Crippen LogP contribution in [-0.2, 0) is 9.53 Å². The van der Waals surface area contributed by atoms with Crippen LogP contribution >= 0.6 is 12.2 Å². The second kappa shape index (κ2) is 7.66. The van der Waals surface area contributed by atoms with Crippen LogP contribution in [0.3, 0.4) is 0 Å². The number of hydrogen-bond acceptors (Lipinski definition) is 4. The Labute approximate surface area is 114 Å². The van der Waals surface area contributed by atoms with Crippen molar-refractivity contribution < 1.29 is 9.53 Å². The molecule has 104 valence electrons. The SMILES string of the molecule is COCC(C)NC(=O)CN1CCCCC1C(N)=S. The van der Waals surface area contributed by atoms with Crippen molar-refractivity contribution in [3.63, 3.8) is 0 Å². The number of carbonyl (C=O) groups is 1. The Morgan fingerprint density at radius 2 is 2.33 bits per heavy atom. The summed E-state index contributed by atoms with van der Waals surface area (Å²) in [6.45, 7) is 3.68. The molecule has 1 fully saturated rings. The molecule has 2 atom stereocenters. The number of thiocarbonyl (C=S) groups is 1. The number of ether oxygens (including phenoxy) is 1. The lowest BCUT2D eigenvalue weighted by Gasteiger charge is -2.34. The number of rotatable bonds is 6. The lowest BCUT2D eigenvalue weighted by Crippen LogP contribution is -2.51. The molecule has 1 heterocycles. The van der Waals surface area contributed by atoms with Gasteiger partial charge in [-0.25, -0.2) is 0 Å². The minimum atomic E-state index is 0.00250. The molecule has 0 aliphatic carbocycles. The number of carbonyl (C=O) groups excluding carboxylic acids is 1. The molecule has 0 spiro atoms. The minimum absolute atomic E-state index is 0.00250.